The van der Waals surface area contributed by atoms with Gasteiger partial charge in [-0.2, -0.15) is 0 Å². The number of esters is 2. The van der Waals surface area contributed by atoms with E-state index in [0.29, 0.717) is 30.1 Å². The van der Waals surface area contributed by atoms with Crippen molar-refractivity contribution in [3.63, 3.8) is 0 Å². The molecule has 2 aromatic carbocycles. The summed E-state index contributed by atoms with van der Waals surface area (Å²) in [6.07, 6.45) is 15.5. The Balaban J connectivity index is 0.000000335. The van der Waals surface area contributed by atoms with Crippen molar-refractivity contribution in [3.05, 3.63) is 108 Å². The highest BCUT2D eigenvalue weighted by molar-refractivity contribution is 6.09. The highest BCUT2D eigenvalue weighted by Crippen LogP contribution is 2.43. The van der Waals surface area contributed by atoms with Gasteiger partial charge in [0.15, 0.2) is 17.3 Å². The smallest absolute Gasteiger partial charge is 0.317 e. The van der Waals surface area contributed by atoms with Crippen molar-refractivity contribution < 1.29 is 38.2 Å². The molecule has 6 atom stereocenters. The Bertz CT molecular complexity index is 1730. The van der Waals surface area contributed by atoms with Crippen molar-refractivity contribution >= 4 is 35.1 Å². The van der Waals surface area contributed by atoms with Crippen LogP contribution in [0.25, 0.3) is 0 Å². The molecule has 58 heavy (non-hydrogen) atoms. The van der Waals surface area contributed by atoms with Gasteiger partial charge in [-0.1, -0.05) is 153 Å². The predicted molar refractivity (Wildman–Crippen MR) is 231 cm³/mol. The van der Waals surface area contributed by atoms with Crippen LogP contribution in [0.15, 0.2) is 97.1 Å². The fourth-order valence-electron chi connectivity index (χ4n) is 8.07. The molecule has 0 radical (unpaired) electrons. The number of ketones is 4. The van der Waals surface area contributed by atoms with Gasteiger partial charge in [-0.05, 0) is 67.3 Å². The largest absolute Gasteiger partial charge is 0.465 e. The Morgan fingerprint density at radius 2 is 1.21 bits per heavy atom. The van der Waals surface area contributed by atoms with Gasteiger partial charge >= 0.3 is 11.9 Å². The number of carbonyl (C=O) groups is 6. The summed E-state index contributed by atoms with van der Waals surface area (Å²) < 4.78 is 10.1. The molecule has 0 heterocycles. The monoisotopic (exact) mass is 796 g/mol. The van der Waals surface area contributed by atoms with Crippen molar-refractivity contribution in [2.45, 2.75) is 108 Å². The van der Waals surface area contributed by atoms with E-state index in [-0.39, 0.29) is 71.2 Å². The number of benzene rings is 2. The molecule has 4 rings (SSSR count). The van der Waals surface area contributed by atoms with Crippen LogP contribution in [0.5, 0.6) is 0 Å². The second kappa shape index (κ2) is 24.3. The summed E-state index contributed by atoms with van der Waals surface area (Å²) in [5.41, 5.74) is 0.989. The molecule has 2 aliphatic rings. The van der Waals surface area contributed by atoms with Gasteiger partial charge < -0.3 is 9.47 Å². The van der Waals surface area contributed by atoms with Gasteiger partial charge in [0, 0.05) is 29.4 Å². The third-order valence-corrected chi connectivity index (χ3v) is 10.9. The Morgan fingerprint density at radius 3 is 1.69 bits per heavy atom. The molecule has 2 aliphatic carbocycles. The second-order valence-electron chi connectivity index (χ2n) is 17.0. The molecule has 0 aliphatic heterocycles. The van der Waals surface area contributed by atoms with E-state index >= 15 is 0 Å². The van der Waals surface area contributed by atoms with Crippen LogP contribution in [0.3, 0.4) is 0 Å². The summed E-state index contributed by atoms with van der Waals surface area (Å²) in [4.78, 5) is 73.7. The van der Waals surface area contributed by atoms with Crippen LogP contribution in [0.2, 0.25) is 0 Å². The summed E-state index contributed by atoms with van der Waals surface area (Å²) in [7, 11) is 0. The average Bonchev–Trinajstić information content (AvgIpc) is 3.16. The van der Waals surface area contributed by atoms with Crippen molar-refractivity contribution in [3.8, 4) is 0 Å². The minimum absolute atomic E-state index is 0.102. The van der Waals surface area contributed by atoms with Crippen molar-refractivity contribution in [2.24, 2.45) is 46.3 Å². The molecule has 0 amide bonds. The normalized spacial score (nSPS) is 21.2. The Labute approximate surface area is 347 Å². The first-order valence-corrected chi connectivity index (χ1v) is 20.9. The highest BCUT2D eigenvalue weighted by Gasteiger charge is 2.42. The zero-order chi connectivity index (χ0) is 43.5. The van der Waals surface area contributed by atoms with E-state index in [2.05, 4.69) is 65.8 Å². The summed E-state index contributed by atoms with van der Waals surface area (Å²) in [5, 5.41) is 0. The third kappa shape index (κ3) is 15.2. The maximum atomic E-state index is 13.2. The minimum Gasteiger partial charge on any atom is -0.465 e. The molecular weight excluding hydrogens is 729 g/mol. The van der Waals surface area contributed by atoms with Crippen LogP contribution >= 0.6 is 0 Å². The van der Waals surface area contributed by atoms with Gasteiger partial charge in [0.2, 0.25) is 0 Å². The van der Waals surface area contributed by atoms with E-state index in [9.17, 15) is 28.8 Å². The molecule has 6 unspecified atom stereocenters. The van der Waals surface area contributed by atoms with Crippen LogP contribution in [0, 0.1) is 46.3 Å². The number of hydrogen-bond acceptors (Lipinski definition) is 8. The topological polar surface area (TPSA) is 121 Å². The fourth-order valence-corrected chi connectivity index (χ4v) is 8.07. The zero-order valence-corrected chi connectivity index (χ0v) is 36.6. The third-order valence-electron chi connectivity index (χ3n) is 10.9. The first kappa shape index (κ1) is 49.4. The molecule has 8 heteroatoms. The van der Waals surface area contributed by atoms with Gasteiger partial charge in [-0.25, -0.2) is 0 Å². The van der Waals surface area contributed by atoms with Crippen molar-refractivity contribution in [1.82, 2.24) is 0 Å². The lowest BCUT2D eigenvalue weighted by Gasteiger charge is -2.39. The summed E-state index contributed by atoms with van der Waals surface area (Å²) >= 11 is 0. The van der Waals surface area contributed by atoms with Gasteiger partial charge in [0.05, 0.1) is 13.2 Å². The summed E-state index contributed by atoms with van der Waals surface area (Å²) in [5.74, 6) is -1.92. The molecule has 0 saturated carbocycles. The van der Waals surface area contributed by atoms with Gasteiger partial charge in [0.1, 0.15) is 18.1 Å². The van der Waals surface area contributed by atoms with Crippen molar-refractivity contribution in [2.75, 3.05) is 13.2 Å². The standard InChI is InChI=1S/C25H34O4.C13H20O.C12H14O3/c1-6-15-29-24(28)21(23(27)19-12-8-7-9-13-19)18(3)16-20(26)22-17(2)11-10-14-25(22,4)5;1-5-7-11(14)12-10(2)8-6-9-13(12,3)4;1-2-8-15-12(14)9-11(13)10-6-4-3-5-7-10/h7-13,17-18,21-22H,6,14-16H2,1-5H3;5-8,10,12H,9H2,1-4H3;3-7H,2,8-9H2,1H3/b;7-5+;. The fraction of sp³-hybridized carbons (Fsp3) is 0.520. The minimum atomic E-state index is -0.967. The lowest BCUT2D eigenvalue weighted by atomic mass is 9.64. The second-order valence-corrected chi connectivity index (χ2v) is 17.0. The Morgan fingerprint density at radius 1 is 0.724 bits per heavy atom. The molecule has 0 bridgehead atoms. The van der Waals surface area contributed by atoms with E-state index in [1.54, 1.807) is 54.6 Å². The van der Waals surface area contributed by atoms with E-state index in [1.807, 2.05) is 45.9 Å². The van der Waals surface area contributed by atoms with Gasteiger partial charge in [-0.15, -0.1) is 0 Å². The summed E-state index contributed by atoms with van der Waals surface area (Å²) in [6.45, 7) is 21.0. The molecule has 0 N–H and O–H groups in total. The first-order valence-electron chi connectivity index (χ1n) is 20.9. The van der Waals surface area contributed by atoms with Crippen LogP contribution in [-0.2, 0) is 28.7 Å². The first-order chi connectivity index (χ1) is 27.4. The molecule has 0 aromatic heterocycles. The number of carbonyl (C=O) groups excluding carboxylic acids is 6. The number of ether oxygens (including phenoxy) is 2. The molecule has 0 fully saturated rings. The lowest BCUT2D eigenvalue weighted by molar-refractivity contribution is -0.148. The number of Topliss-reactive ketones (excluding diaryl/α,β-unsaturated/α-hetero) is 3. The number of hydrogen-bond donors (Lipinski definition) is 0. The number of allylic oxidation sites excluding steroid dienone is 6. The van der Waals surface area contributed by atoms with Crippen LogP contribution in [0.4, 0.5) is 0 Å². The lowest BCUT2D eigenvalue weighted by Crippen LogP contribution is -2.40. The molecule has 0 saturated heterocycles. The predicted octanol–water partition coefficient (Wildman–Crippen LogP) is 10.9. The van der Waals surface area contributed by atoms with Crippen LogP contribution in [-0.4, -0.2) is 48.3 Å². The van der Waals surface area contributed by atoms with E-state index in [1.165, 1.54) is 0 Å². The van der Waals surface area contributed by atoms with E-state index < -0.39 is 23.8 Å². The maximum Gasteiger partial charge on any atom is 0.317 e. The van der Waals surface area contributed by atoms with E-state index in [0.717, 1.165) is 19.3 Å². The average molecular weight is 797 g/mol. The van der Waals surface area contributed by atoms with Crippen molar-refractivity contribution in [1.29, 1.82) is 0 Å². The molecule has 0 spiro atoms. The van der Waals surface area contributed by atoms with Gasteiger partial charge in [0.25, 0.3) is 0 Å². The summed E-state index contributed by atoms with van der Waals surface area (Å²) in [6, 6.07) is 17.5. The van der Waals surface area contributed by atoms with Gasteiger partial charge in [-0.3, -0.25) is 28.8 Å². The zero-order valence-electron chi connectivity index (χ0n) is 36.6. The molecular formula is C50H68O8. The molecule has 316 valence electrons. The molecule has 8 nitrogen and oxygen atoms in total. The maximum absolute atomic E-state index is 13.2. The number of rotatable bonds is 16. The SMILES string of the molecule is C/C=C/C(=O)C1C(C)C=CCC1(C)C.CCCOC(=O)C(C(=O)c1ccccc1)C(C)CC(=O)C1C(C)C=CCC1(C)C.CCCOC(=O)CC(=O)c1ccccc1. The van der Waals surface area contributed by atoms with Crippen LogP contribution < -0.4 is 0 Å². The van der Waals surface area contributed by atoms with E-state index in [4.69, 9.17) is 9.47 Å². The Hall–Kier alpha value is -4.72. The quantitative estimate of drug-likeness (QED) is 0.0541. The highest BCUT2D eigenvalue weighted by atomic mass is 16.5. The molecule has 2 aromatic rings. The Kier molecular flexibility index (Phi) is 20.7. The van der Waals surface area contributed by atoms with Crippen LogP contribution in [0.1, 0.15) is 128 Å².